The lowest BCUT2D eigenvalue weighted by Gasteiger charge is -2.27. The van der Waals surface area contributed by atoms with Gasteiger partial charge in [-0.1, -0.05) is 12.1 Å². The minimum Gasteiger partial charge on any atom is -0.379 e. The number of hydrogen-bond donors (Lipinski definition) is 2. The first-order valence-electron chi connectivity index (χ1n) is 11.1. The predicted molar refractivity (Wildman–Crippen MR) is 129 cm³/mol. The summed E-state index contributed by atoms with van der Waals surface area (Å²) >= 11 is 0. The van der Waals surface area contributed by atoms with Gasteiger partial charge in [0.15, 0.2) is 0 Å². The zero-order chi connectivity index (χ0) is 22.8. The van der Waals surface area contributed by atoms with Crippen molar-refractivity contribution < 1.29 is 9.18 Å². The summed E-state index contributed by atoms with van der Waals surface area (Å²) in [6.07, 6.45) is 1.89. The van der Waals surface area contributed by atoms with Crippen LogP contribution in [0.15, 0.2) is 43.0 Å². The zero-order valence-electron chi connectivity index (χ0n) is 19.1. The van der Waals surface area contributed by atoms with Crippen LogP contribution in [-0.4, -0.2) is 41.6 Å². The summed E-state index contributed by atoms with van der Waals surface area (Å²) in [5.41, 5.74) is 6.91. The molecule has 0 radical (unpaired) electrons. The quantitative estimate of drug-likeness (QED) is 0.560. The lowest BCUT2D eigenvalue weighted by Crippen LogP contribution is -2.46. The highest BCUT2D eigenvalue weighted by Gasteiger charge is 2.22. The molecule has 0 atom stereocenters. The number of carbonyl (C=O) groups excluding carboxylic acids is 1. The van der Waals surface area contributed by atoms with Crippen molar-refractivity contribution >= 4 is 22.5 Å². The Morgan fingerprint density at radius 3 is 2.62 bits per heavy atom. The molecule has 5 nitrogen and oxygen atoms in total. The highest BCUT2D eigenvalue weighted by atomic mass is 19.1. The van der Waals surface area contributed by atoms with Crippen LogP contribution in [0.5, 0.6) is 0 Å². The number of fused-ring (bicyclic) bond motifs is 1. The van der Waals surface area contributed by atoms with Crippen LogP contribution in [0.3, 0.4) is 0 Å². The van der Waals surface area contributed by atoms with Gasteiger partial charge in [-0.25, -0.2) is 4.39 Å². The Morgan fingerprint density at radius 1 is 1.19 bits per heavy atom. The van der Waals surface area contributed by atoms with Crippen molar-refractivity contribution in [3.05, 3.63) is 76.8 Å². The third-order valence-corrected chi connectivity index (χ3v) is 6.47. The van der Waals surface area contributed by atoms with Crippen molar-refractivity contribution in [3.8, 4) is 0 Å². The molecule has 6 heteroatoms. The van der Waals surface area contributed by atoms with Crippen LogP contribution < -0.4 is 10.6 Å². The van der Waals surface area contributed by atoms with E-state index in [4.69, 9.17) is 0 Å². The van der Waals surface area contributed by atoms with Crippen molar-refractivity contribution in [2.45, 2.75) is 33.9 Å². The van der Waals surface area contributed by atoms with Gasteiger partial charge in [0.2, 0.25) is 0 Å². The Labute approximate surface area is 188 Å². The standard InChI is InChI=1S/C26H31FN4O/c1-5-10-31-19(4)18(3)23-14-21(26(32)30-11-8-28-9-12-30)15-24(25(23)31)29-16-20-6-7-22(27)13-17(20)2/h5-7,13-15,28-29H,1,8-12,16H2,2-4H3. The Hall–Kier alpha value is -3.12. The minimum absolute atomic E-state index is 0.0583. The summed E-state index contributed by atoms with van der Waals surface area (Å²) in [4.78, 5) is 15.2. The van der Waals surface area contributed by atoms with Gasteiger partial charge in [0.1, 0.15) is 5.82 Å². The van der Waals surface area contributed by atoms with Crippen LogP contribution in [-0.2, 0) is 13.1 Å². The smallest absolute Gasteiger partial charge is 0.254 e. The van der Waals surface area contributed by atoms with E-state index in [0.29, 0.717) is 31.7 Å². The SMILES string of the molecule is C=CCn1c(C)c(C)c2cc(C(=O)N3CCNCC3)cc(NCc3ccc(F)cc3C)c21. The second-order valence-electron chi connectivity index (χ2n) is 8.50. The average molecular weight is 435 g/mol. The maximum atomic E-state index is 13.5. The van der Waals surface area contributed by atoms with Crippen molar-refractivity contribution in [3.63, 3.8) is 0 Å². The molecule has 32 heavy (non-hydrogen) atoms. The van der Waals surface area contributed by atoms with E-state index in [1.165, 1.54) is 6.07 Å². The number of aryl methyl sites for hydroxylation is 2. The van der Waals surface area contributed by atoms with E-state index < -0.39 is 0 Å². The van der Waals surface area contributed by atoms with Crippen molar-refractivity contribution in [2.24, 2.45) is 0 Å². The van der Waals surface area contributed by atoms with Crippen LogP contribution in [0.1, 0.15) is 32.7 Å². The van der Waals surface area contributed by atoms with Crippen molar-refractivity contribution in [1.82, 2.24) is 14.8 Å². The van der Waals surface area contributed by atoms with Gasteiger partial charge in [0.05, 0.1) is 11.2 Å². The van der Waals surface area contributed by atoms with E-state index in [9.17, 15) is 9.18 Å². The number of carbonyl (C=O) groups is 1. The number of nitrogens with one attached hydrogen (secondary N) is 2. The molecule has 2 aromatic carbocycles. The van der Waals surface area contributed by atoms with E-state index in [2.05, 4.69) is 35.6 Å². The van der Waals surface area contributed by atoms with E-state index in [1.807, 2.05) is 36.1 Å². The molecular formula is C26H31FN4O. The van der Waals surface area contributed by atoms with Gasteiger partial charge in [-0.3, -0.25) is 4.79 Å². The molecular weight excluding hydrogens is 403 g/mol. The summed E-state index contributed by atoms with van der Waals surface area (Å²) in [6.45, 7) is 14.3. The largest absolute Gasteiger partial charge is 0.379 e. The fourth-order valence-corrected chi connectivity index (χ4v) is 4.49. The lowest BCUT2D eigenvalue weighted by molar-refractivity contribution is 0.0736. The molecule has 0 bridgehead atoms. The van der Waals surface area contributed by atoms with E-state index in [-0.39, 0.29) is 11.7 Å². The Morgan fingerprint density at radius 2 is 1.94 bits per heavy atom. The first-order valence-corrected chi connectivity index (χ1v) is 11.1. The van der Waals surface area contributed by atoms with E-state index in [1.54, 1.807) is 6.07 Å². The molecule has 1 fully saturated rings. The van der Waals surface area contributed by atoms with Crippen LogP contribution in [0.2, 0.25) is 0 Å². The number of rotatable bonds is 6. The number of nitrogens with zero attached hydrogens (tertiary/aromatic N) is 2. The number of benzene rings is 2. The van der Waals surface area contributed by atoms with E-state index in [0.717, 1.165) is 52.1 Å². The van der Waals surface area contributed by atoms with Crippen molar-refractivity contribution in [2.75, 3.05) is 31.5 Å². The molecule has 1 saturated heterocycles. The second-order valence-corrected chi connectivity index (χ2v) is 8.50. The molecule has 0 saturated carbocycles. The molecule has 168 valence electrons. The van der Waals surface area contributed by atoms with Crippen molar-refractivity contribution in [1.29, 1.82) is 0 Å². The average Bonchev–Trinajstić information content (AvgIpc) is 3.03. The van der Waals surface area contributed by atoms with Gasteiger partial charge in [-0.2, -0.15) is 0 Å². The number of amides is 1. The number of halogens is 1. The van der Waals surface area contributed by atoms with Crippen LogP contribution in [0.4, 0.5) is 10.1 Å². The van der Waals surface area contributed by atoms with Gasteiger partial charge in [0.25, 0.3) is 5.91 Å². The Kier molecular flexibility index (Phi) is 6.33. The summed E-state index contributed by atoms with van der Waals surface area (Å²) in [5.74, 6) is -0.175. The van der Waals surface area contributed by atoms with Gasteiger partial charge < -0.3 is 20.1 Å². The molecule has 1 aliphatic rings. The Bertz CT molecular complexity index is 1170. The summed E-state index contributed by atoms with van der Waals surface area (Å²) in [6, 6.07) is 8.83. The second kappa shape index (κ2) is 9.17. The predicted octanol–water partition coefficient (Wildman–Crippen LogP) is 4.55. The summed E-state index contributed by atoms with van der Waals surface area (Å²) < 4.78 is 15.8. The molecule has 1 amide bonds. The number of hydrogen-bond acceptors (Lipinski definition) is 3. The Balaban J connectivity index is 1.78. The molecule has 1 aromatic heterocycles. The fourth-order valence-electron chi connectivity index (χ4n) is 4.49. The topological polar surface area (TPSA) is 49.3 Å². The van der Waals surface area contributed by atoms with E-state index >= 15 is 0 Å². The van der Waals surface area contributed by atoms with Gasteiger partial charge in [-0.15, -0.1) is 6.58 Å². The van der Waals surface area contributed by atoms with Gasteiger partial charge >= 0.3 is 0 Å². The third kappa shape index (κ3) is 4.15. The lowest BCUT2D eigenvalue weighted by atomic mass is 10.0. The molecule has 4 rings (SSSR count). The monoisotopic (exact) mass is 434 g/mol. The summed E-state index contributed by atoms with van der Waals surface area (Å²) in [5, 5.41) is 7.91. The molecule has 3 aromatic rings. The van der Waals surface area contributed by atoms with Gasteiger partial charge in [0, 0.05) is 55.9 Å². The number of allylic oxidation sites excluding steroid dienone is 1. The summed E-state index contributed by atoms with van der Waals surface area (Å²) in [7, 11) is 0. The maximum Gasteiger partial charge on any atom is 0.254 e. The molecule has 2 N–H and O–H groups in total. The first kappa shape index (κ1) is 22.1. The molecule has 0 unspecified atom stereocenters. The normalized spacial score (nSPS) is 14.1. The minimum atomic E-state index is -0.233. The highest BCUT2D eigenvalue weighted by Crippen LogP contribution is 2.33. The van der Waals surface area contributed by atoms with Crippen LogP contribution >= 0.6 is 0 Å². The number of anilines is 1. The highest BCUT2D eigenvalue weighted by molar-refractivity contribution is 6.04. The number of aromatic nitrogens is 1. The zero-order valence-corrected chi connectivity index (χ0v) is 19.1. The fraction of sp³-hybridized carbons (Fsp3) is 0.346. The molecule has 0 aliphatic carbocycles. The third-order valence-electron chi connectivity index (χ3n) is 6.47. The molecule has 1 aliphatic heterocycles. The molecule has 2 heterocycles. The van der Waals surface area contributed by atoms with Gasteiger partial charge in [-0.05, 0) is 61.7 Å². The maximum absolute atomic E-state index is 13.5. The first-order chi connectivity index (χ1) is 15.4. The van der Waals surface area contributed by atoms with Crippen LogP contribution in [0.25, 0.3) is 10.9 Å². The number of piperazine rings is 1. The molecule has 0 spiro atoms. The van der Waals surface area contributed by atoms with Crippen LogP contribution in [0, 0.1) is 26.6 Å².